The molecule has 5 nitrogen and oxygen atoms in total. The summed E-state index contributed by atoms with van der Waals surface area (Å²) in [5, 5.41) is 8.44. The van der Waals surface area contributed by atoms with Crippen LogP contribution in [0.2, 0.25) is 0 Å². The van der Waals surface area contributed by atoms with Gasteiger partial charge in [0.05, 0.1) is 19.8 Å². The number of hydrogen-bond acceptors (Lipinski definition) is 5. The van der Waals surface area contributed by atoms with Crippen molar-refractivity contribution >= 4 is 11.9 Å². The molecule has 0 atom stereocenters. The summed E-state index contributed by atoms with van der Waals surface area (Å²) in [4.78, 5) is 22.9. The Morgan fingerprint density at radius 1 is 0.952 bits per heavy atom. The number of nitriles is 1. The molecule has 0 saturated heterocycles. The second-order valence-corrected chi connectivity index (χ2v) is 3.64. The van der Waals surface area contributed by atoms with Crippen LogP contribution in [-0.2, 0) is 19.1 Å². The van der Waals surface area contributed by atoms with Crippen LogP contribution in [-0.4, -0.2) is 26.2 Å². The average molecular weight is 305 g/mol. The molecular weight excluding hydrogens is 298 g/mol. The molecule has 0 aromatic heterocycles. The number of hydrogen-bond donors (Lipinski definition) is 0. The minimum absolute atomic E-state index is 0.796. The Bertz CT molecular complexity index is 609. The molecule has 1 aromatic carbocycles. The van der Waals surface area contributed by atoms with Crippen molar-refractivity contribution in [2.75, 3.05) is 14.2 Å². The van der Waals surface area contributed by atoms with Gasteiger partial charge in [0.2, 0.25) is 0 Å². The van der Waals surface area contributed by atoms with Crippen LogP contribution in [0.3, 0.4) is 0 Å². The molecule has 0 spiro atoms. The van der Waals surface area contributed by atoms with Gasteiger partial charge in [0.1, 0.15) is 11.6 Å². The second-order valence-electron chi connectivity index (χ2n) is 3.64. The largest absolute Gasteiger partial charge is 0.468 e. The molecule has 0 aliphatic heterocycles. The molecule has 0 saturated carbocycles. The van der Waals surface area contributed by atoms with Crippen molar-refractivity contribution < 1.29 is 36.6 Å². The van der Waals surface area contributed by atoms with E-state index in [1.54, 1.807) is 0 Å². The monoisotopic (exact) mass is 305 g/mol. The van der Waals surface area contributed by atoms with Crippen LogP contribution in [0.25, 0.3) is 0 Å². The normalized spacial score (nSPS) is 10.2. The van der Waals surface area contributed by atoms with E-state index >= 15 is 0 Å². The van der Waals surface area contributed by atoms with E-state index in [1.807, 2.05) is 0 Å². The molecule has 112 valence electrons. The van der Waals surface area contributed by atoms with Crippen molar-refractivity contribution in [2.45, 2.75) is 5.92 Å². The van der Waals surface area contributed by atoms with E-state index in [9.17, 15) is 27.2 Å². The first-order valence-electron chi connectivity index (χ1n) is 5.23. The van der Waals surface area contributed by atoms with Crippen LogP contribution >= 0.6 is 0 Å². The van der Waals surface area contributed by atoms with Crippen LogP contribution in [0, 0.1) is 34.6 Å². The SMILES string of the molecule is COC(=O)C(C(=O)OC)c1c(F)c(F)c(C#N)c(F)c1F. The highest BCUT2D eigenvalue weighted by molar-refractivity contribution is 6.00. The number of carbonyl (C=O) groups excluding carboxylic acids is 2. The van der Waals surface area contributed by atoms with Crippen molar-refractivity contribution in [2.24, 2.45) is 0 Å². The maximum atomic E-state index is 13.8. The highest BCUT2D eigenvalue weighted by Crippen LogP contribution is 2.30. The van der Waals surface area contributed by atoms with Crippen molar-refractivity contribution in [3.05, 3.63) is 34.4 Å². The Labute approximate surface area is 115 Å². The van der Waals surface area contributed by atoms with Crippen LogP contribution in [0.1, 0.15) is 17.0 Å². The number of halogens is 4. The predicted molar refractivity (Wildman–Crippen MR) is 57.8 cm³/mol. The summed E-state index contributed by atoms with van der Waals surface area (Å²) in [6, 6.07) is 0.935. The molecule has 9 heteroatoms. The molecule has 1 rings (SSSR count). The summed E-state index contributed by atoms with van der Waals surface area (Å²) in [5.74, 6) is -13.5. The molecule has 21 heavy (non-hydrogen) atoms. The Balaban J connectivity index is 3.72. The number of nitrogens with zero attached hydrogens (tertiary/aromatic N) is 1. The van der Waals surface area contributed by atoms with Gasteiger partial charge in [0, 0.05) is 0 Å². The summed E-state index contributed by atoms with van der Waals surface area (Å²) in [7, 11) is 1.59. The molecule has 0 aliphatic carbocycles. The van der Waals surface area contributed by atoms with Gasteiger partial charge >= 0.3 is 11.9 Å². The maximum Gasteiger partial charge on any atom is 0.324 e. The first kappa shape index (κ1) is 16.4. The molecule has 0 aliphatic rings. The van der Waals surface area contributed by atoms with Gasteiger partial charge in [-0.15, -0.1) is 0 Å². The number of methoxy groups -OCH3 is 2. The van der Waals surface area contributed by atoms with Crippen LogP contribution in [0.5, 0.6) is 0 Å². The summed E-state index contributed by atoms with van der Waals surface area (Å²) < 4.78 is 62.9. The lowest BCUT2D eigenvalue weighted by molar-refractivity contribution is -0.154. The average Bonchev–Trinajstić information content (AvgIpc) is 2.48. The van der Waals surface area contributed by atoms with Gasteiger partial charge in [-0.1, -0.05) is 0 Å². The zero-order valence-electron chi connectivity index (χ0n) is 10.7. The number of esters is 2. The fraction of sp³-hybridized carbons (Fsp3) is 0.250. The zero-order valence-corrected chi connectivity index (χ0v) is 10.7. The van der Waals surface area contributed by atoms with Crippen molar-refractivity contribution in [1.82, 2.24) is 0 Å². The molecule has 0 radical (unpaired) electrons. The molecule has 0 N–H and O–H groups in total. The van der Waals surface area contributed by atoms with Gasteiger partial charge in [-0.2, -0.15) is 5.26 Å². The highest BCUT2D eigenvalue weighted by atomic mass is 19.2. The molecule has 0 fully saturated rings. The number of carbonyl (C=O) groups is 2. The zero-order chi connectivity index (χ0) is 16.3. The van der Waals surface area contributed by atoms with E-state index < -0.39 is 52.3 Å². The quantitative estimate of drug-likeness (QED) is 0.366. The number of ether oxygens (including phenoxy) is 2. The molecule has 0 bridgehead atoms. The molecule has 1 aromatic rings. The Morgan fingerprint density at radius 2 is 1.33 bits per heavy atom. The van der Waals surface area contributed by atoms with E-state index in [4.69, 9.17) is 5.26 Å². The van der Waals surface area contributed by atoms with E-state index in [1.165, 1.54) is 0 Å². The molecule has 0 unspecified atom stereocenters. The Kier molecular flexibility index (Phi) is 4.86. The topological polar surface area (TPSA) is 76.4 Å². The molecule has 0 amide bonds. The van der Waals surface area contributed by atoms with Gasteiger partial charge in [0.15, 0.2) is 29.2 Å². The van der Waals surface area contributed by atoms with Gasteiger partial charge < -0.3 is 9.47 Å². The summed E-state index contributed by atoms with van der Waals surface area (Å²) >= 11 is 0. The number of benzene rings is 1. The summed E-state index contributed by atoms with van der Waals surface area (Å²) in [5.41, 5.74) is -3.04. The van der Waals surface area contributed by atoms with Crippen LogP contribution in [0.4, 0.5) is 17.6 Å². The van der Waals surface area contributed by atoms with Crippen LogP contribution in [0.15, 0.2) is 0 Å². The first-order valence-corrected chi connectivity index (χ1v) is 5.23. The summed E-state index contributed by atoms with van der Waals surface area (Å²) in [6.07, 6.45) is 0. The highest BCUT2D eigenvalue weighted by Gasteiger charge is 2.39. The van der Waals surface area contributed by atoms with Gasteiger partial charge in [-0.25, -0.2) is 17.6 Å². The van der Waals surface area contributed by atoms with Crippen LogP contribution < -0.4 is 0 Å². The number of rotatable bonds is 3. The van der Waals surface area contributed by atoms with Crippen molar-refractivity contribution in [3.8, 4) is 6.07 Å². The van der Waals surface area contributed by atoms with Gasteiger partial charge in [0.25, 0.3) is 0 Å². The third-order valence-corrected chi connectivity index (χ3v) is 2.57. The minimum Gasteiger partial charge on any atom is -0.468 e. The third-order valence-electron chi connectivity index (χ3n) is 2.57. The fourth-order valence-electron chi connectivity index (χ4n) is 1.57. The van der Waals surface area contributed by atoms with Crippen molar-refractivity contribution in [1.29, 1.82) is 5.26 Å². The summed E-state index contributed by atoms with van der Waals surface area (Å²) in [6.45, 7) is 0. The van der Waals surface area contributed by atoms with E-state index in [-0.39, 0.29) is 0 Å². The maximum absolute atomic E-state index is 13.8. The lowest BCUT2D eigenvalue weighted by Crippen LogP contribution is -2.27. The molecule has 0 heterocycles. The predicted octanol–water partition coefficient (Wildman–Crippen LogP) is 1.54. The lowest BCUT2D eigenvalue weighted by Gasteiger charge is -2.15. The minimum atomic E-state index is -2.36. The van der Waals surface area contributed by atoms with Crippen molar-refractivity contribution in [3.63, 3.8) is 0 Å². The lowest BCUT2D eigenvalue weighted by atomic mass is 9.95. The third kappa shape index (κ3) is 2.65. The van der Waals surface area contributed by atoms with Gasteiger partial charge in [-0.3, -0.25) is 9.59 Å². The fourth-order valence-corrected chi connectivity index (χ4v) is 1.57. The Morgan fingerprint density at radius 3 is 1.62 bits per heavy atom. The van der Waals surface area contributed by atoms with E-state index in [0.29, 0.717) is 0 Å². The first-order chi connectivity index (χ1) is 9.81. The van der Waals surface area contributed by atoms with Gasteiger partial charge in [-0.05, 0) is 0 Å². The standard InChI is InChI=1S/C12H7F4NO4/c1-20-11(18)6(12(19)21-2)5-9(15)7(13)4(3-17)8(14)10(5)16/h6H,1-2H3. The van der Waals surface area contributed by atoms with E-state index in [0.717, 1.165) is 20.3 Å². The molecular formula is C12H7F4NO4. The van der Waals surface area contributed by atoms with E-state index in [2.05, 4.69) is 9.47 Å². The second kappa shape index (κ2) is 6.21. The Hall–Kier alpha value is -2.63. The smallest absolute Gasteiger partial charge is 0.324 e.